The van der Waals surface area contributed by atoms with Crippen molar-refractivity contribution in [1.29, 1.82) is 0 Å². The number of nitro groups is 1. The minimum Gasteiger partial charge on any atom is -0.377 e. The zero-order valence-corrected chi connectivity index (χ0v) is 18.1. The first-order chi connectivity index (χ1) is 16.1. The Morgan fingerprint density at radius 1 is 1.00 bits per heavy atom. The SMILES string of the molecule is O=C(NCCc1ccccc1)c1cccc2c1NC(c1ccccc1[N+](=O)[O-])C1CC=CC21. The summed E-state index contributed by atoms with van der Waals surface area (Å²) in [4.78, 5) is 24.5. The van der Waals surface area contributed by atoms with Crippen molar-refractivity contribution in [3.05, 3.63) is 117 Å². The van der Waals surface area contributed by atoms with Gasteiger partial charge in [-0.3, -0.25) is 14.9 Å². The van der Waals surface area contributed by atoms with Crippen LogP contribution in [0.15, 0.2) is 84.9 Å². The number of hydrogen-bond acceptors (Lipinski definition) is 4. The number of para-hydroxylation sites is 2. The normalized spacial score (nSPS) is 20.4. The predicted molar refractivity (Wildman–Crippen MR) is 128 cm³/mol. The number of fused-ring (bicyclic) bond motifs is 3. The molecule has 1 aliphatic carbocycles. The lowest BCUT2D eigenvalue weighted by molar-refractivity contribution is -0.385. The first-order valence-corrected chi connectivity index (χ1v) is 11.2. The molecule has 6 heteroatoms. The van der Waals surface area contributed by atoms with Gasteiger partial charge in [-0.05, 0) is 36.0 Å². The molecule has 5 rings (SSSR count). The van der Waals surface area contributed by atoms with Gasteiger partial charge in [-0.15, -0.1) is 0 Å². The lowest BCUT2D eigenvalue weighted by atomic mass is 9.76. The molecule has 33 heavy (non-hydrogen) atoms. The molecule has 2 N–H and O–H groups in total. The summed E-state index contributed by atoms with van der Waals surface area (Å²) >= 11 is 0. The zero-order chi connectivity index (χ0) is 22.8. The Balaban J connectivity index is 1.44. The molecule has 1 aliphatic heterocycles. The lowest BCUT2D eigenvalue weighted by Gasteiger charge is -2.38. The van der Waals surface area contributed by atoms with Gasteiger partial charge >= 0.3 is 0 Å². The zero-order valence-electron chi connectivity index (χ0n) is 18.1. The van der Waals surface area contributed by atoms with Crippen LogP contribution in [0.25, 0.3) is 0 Å². The predicted octanol–water partition coefficient (Wildman–Crippen LogP) is 5.39. The summed E-state index contributed by atoms with van der Waals surface area (Å²) in [5, 5.41) is 18.3. The molecule has 166 valence electrons. The van der Waals surface area contributed by atoms with E-state index in [0.717, 1.165) is 24.1 Å². The van der Waals surface area contributed by atoms with E-state index in [2.05, 4.69) is 22.8 Å². The fourth-order valence-corrected chi connectivity index (χ4v) is 5.10. The summed E-state index contributed by atoms with van der Waals surface area (Å²) in [6.07, 6.45) is 5.90. The van der Waals surface area contributed by atoms with Crippen LogP contribution >= 0.6 is 0 Å². The molecule has 0 aromatic heterocycles. The first-order valence-electron chi connectivity index (χ1n) is 11.2. The average molecular weight is 440 g/mol. The van der Waals surface area contributed by atoms with Gasteiger partial charge in [0.05, 0.1) is 27.8 Å². The van der Waals surface area contributed by atoms with Gasteiger partial charge in [-0.25, -0.2) is 0 Å². The number of allylic oxidation sites excluding steroid dienone is 2. The van der Waals surface area contributed by atoms with Gasteiger partial charge in [0.25, 0.3) is 11.6 Å². The Bertz CT molecular complexity index is 1220. The van der Waals surface area contributed by atoms with Crippen LogP contribution in [0.2, 0.25) is 0 Å². The van der Waals surface area contributed by atoms with Crippen LogP contribution in [0.4, 0.5) is 11.4 Å². The van der Waals surface area contributed by atoms with Gasteiger partial charge in [0.2, 0.25) is 0 Å². The van der Waals surface area contributed by atoms with E-state index in [1.165, 1.54) is 5.56 Å². The monoisotopic (exact) mass is 439 g/mol. The quantitative estimate of drug-likeness (QED) is 0.306. The second-order valence-electron chi connectivity index (χ2n) is 8.55. The maximum Gasteiger partial charge on any atom is 0.274 e. The number of nitrogens with one attached hydrogen (secondary N) is 2. The van der Waals surface area contributed by atoms with Crippen molar-refractivity contribution in [3.63, 3.8) is 0 Å². The van der Waals surface area contributed by atoms with E-state index in [1.807, 2.05) is 60.7 Å². The molecule has 0 fully saturated rings. The highest BCUT2D eigenvalue weighted by molar-refractivity contribution is 6.00. The Labute approximate surface area is 192 Å². The van der Waals surface area contributed by atoms with Crippen LogP contribution in [-0.4, -0.2) is 17.4 Å². The summed E-state index contributed by atoms with van der Waals surface area (Å²) < 4.78 is 0. The van der Waals surface area contributed by atoms with Crippen molar-refractivity contribution in [3.8, 4) is 0 Å². The molecule has 3 aromatic rings. The number of nitrogens with zero attached hydrogens (tertiary/aromatic N) is 1. The summed E-state index contributed by atoms with van der Waals surface area (Å²) in [5.41, 5.74) is 4.34. The molecular formula is C27H25N3O3. The molecule has 0 spiro atoms. The van der Waals surface area contributed by atoms with Gasteiger partial charge in [-0.2, -0.15) is 0 Å². The van der Waals surface area contributed by atoms with Crippen LogP contribution in [-0.2, 0) is 6.42 Å². The van der Waals surface area contributed by atoms with Crippen molar-refractivity contribution in [2.75, 3.05) is 11.9 Å². The molecule has 2 aliphatic rings. The van der Waals surface area contributed by atoms with Crippen LogP contribution in [0.5, 0.6) is 0 Å². The van der Waals surface area contributed by atoms with Crippen LogP contribution in [0.3, 0.4) is 0 Å². The van der Waals surface area contributed by atoms with E-state index in [4.69, 9.17) is 0 Å². The van der Waals surface area contributed by atoms with Gasteiger partial charge < -0.3 is 10.6 Å². The Kier molecular flexibility index (Phi) is 5.65. The Hall–Kier alpha value is -3.93. The van der Waals surface area contributed by atoms with E-state index < -0.39 is 0 Å². The third kappa shape index (κ3) is 4.00. The van der Waals surface area contributed by atoms with E-state index >= 15 is 0 Å². The number of hydrogen-bond donors (Lipinski definition) is 2. The largest absolute Gasteiger partial charge is 0.377 e. The summed E-state index contributed by atoms with van der Waals surface area (Å²) in [7, 11) is 0. The van der Waals surface area contributed by atoms with E-state index in [0.29, 0.717) is 17.7 Å². The molecule has 0 saturated heterocycles. The Morgan fingerprint density at radius 3 is 2.58 bits per heavy atom. The minimum atomic E-state index is -0.327. The number of amides is 1. The molecule has 6 nitrogen and oxygen atoms in total. The highest BCUT2D eigenvalue weighted by Crippen LogP contribution is 2.51. The van der Waals surface area contributed by atoms with E-state index in [-0.39, 0.29) is 34.4 Å². The maximum absolute atomic E-state index is 13.1. The number of carbonyl (C=O) groups is 1. The molecule has 3 aromatic carbocycles. The van der Waals surface area contributed by atoms with Crippen LogP contribution in [0.1, 0.15) is 45.4 Å². The highest BCUT2D eigenvalue weighted by Gasteiger charge is 2.41. The summed E-state index contributed by atoms with van der Waals surface area (Å²) in [6, 6.07) is 22.5. The summed E-state index contributed by atoms with van der Waals surface area (Å²) in [6.45, 7) is 0.534. The number of rotatable bonds is 6. The molecule has 1 heterocycles. The lowest BCUT2D eigenvalue weighted by Crippen LogP contribution is -2.33. The van der Waals surface area contributed by atoms with Crippen molar-refractivity contribution in [2.24, 2.45) is 5.92 Å². The third-order valence-corrected chi connectivity index (χ3v) is 6.65. The highest BCUT2D eigenvalue weighted by atomic mass is 16.6. The second kappa shape index (κ2) is 8.90. The second-order valence-corrected chi connectivity index (χ2v) is 8.55. The number of benzene rings is 3. The molecule has 0 saturated carbocycles. The number of nitro benzene ring substituents is 1. The number of carbonyl (C=O) groups excluding carboxylic acids is 1. The smallest absolute Gasteiger partial charge is 0.274 e. The first kappa shape index (κ1) is 20.9. The van der Waals surface area contributed by atoms with E-state index in [9.17, 15) is 14.9 Å². The molecular weight excluding hydrogens is 414 g/mol. The molecule has 0 bridgehead atoms. The van der Waals surface area contributed by atoms with Gasteiger partial charge in [0, 0.05) is 18.5 Å². The standard InChI is InChI=1S/C27H25N3O3/c31-27(28-17-16-18-8-2-1-3-9-18)23-14-7-13-21-19-11-6-12-20(19)25(29-26(21)23)22-10-4-5-15-24(22)30(32)33/h1-11,13-15,19-20,25,29H,12,16-17H2,(H,28,31). The third-order valence-electron chi connectivity index (χ3n) is 6.65. The summed E-state index contributed by atoms with van der Waals surface area (Å²) in [5.74, 6) is 0.134. The van der Waals surface area contributed by atoms with Crippen molar-refractivity contribution >= 4 is 17.3 Å². The van der Waals surface area contributed by atoms with Crippen LogP contribution < -0.4 is 10.6 Å². The minimum absolute atomic E-state index is 0.105. The van der Waals surface area contributed by atoms with Crippen molar-refractivity contribution in [2.45, 2.75) is 24.8 Å². The van der Waals surface area contributed by atoms with Crippen LogP contribution in [0, 0.1) is 16.0 Å². The topological polar surface area (TPSA) is 84.3 Å². The Morgan fingerprint density at radius 2 is 1.76 bits per heavy atom. The number of anilines is 1. The van der Waals surface area contributed by atoms with Gasteiger partial charge in [0.1, 0.15) is 0 Å². The molecule has 3 atom stereocenters. The van der Waals surface area contributed by atoms with E-state index in [1.54, 1.807) is 12.1 Å². The fraction of sp³-hybridized carbons (Fsp3) is 0.222. The average Bonchev–Trinajstić information content (AvgIpc) is 3.34. The van der Waals surface area contributed by atoms with Crippen molar-refractivity contribution < 1.29 is 9.72 Å². The fourth-order valence-electron chi connectivity index (χ4n) is 5.10. The van der Waals surface area contributed by atoms with Gasteiger partial charge in [-0.1, -0.05) is 72.8 Å². The molecule has 1 amide bonds. The maximum atomic E-state index is 13.1. The van der Waals surface area contributed by atoms with Gasteiger partial charge in [0.15, 0.2) is 0 Å². The molecule has 3 unspecified atom stereocenters. The van der Waals surface area contributed by atoms with Crippen molar-refractivity contribution in [1.82, 2.24) is 5.32 Å². The molecule has 0 radical (unpaired) electrons.